The lowest BCUT2D eigenvalue weighted by atomic mass is 9.90. The third kappa shape index (κ3) is 5.90. The van der Waals surface area contributed by atoms with Gasteiger partial charge in [0.25, 0.3) is 0 Å². The highest BCUT2D eigenvalue weighted by Crippen LogP contribution is 2.39. The van der Waals surface area contributed by atoms with E-state index in [0.29, 0.717) is 6.04 Å². The second-order valence-electron chi connectivity index (χ2n) is 7.42. The van der Waals surface area contributed by atoms with Crippen LogP contribution in [0.15, 0.2) is 12.1 Å². The van der Waals surface area contributed by atoms with Gasteiger partial charge >= 0.3 is 0 Å². The first-order valence-corrected chi connectivity index (χ1v) is 9.98. The van der Waals surface area contributed by atoms with Crippen LogP contribution in [0.1, 0.15) is 56.2 Å². The quantitative estimate of drug-likeness (QED) is 0.569. The largest absolute Gasteiger partial charge is 0.493 e. The molecule has 3 rings (SSSR count). The Morgan fingerprint density at radius 3 is 2.33 bits per heavy atom. The molecule has 2 aliphatic heterocycles. The lowest BCUT2D eigenvalue weighted by Gasteiger charge is -2.45. The zero-order valence-electron chi connectivity index (χ0n) is 17.0. The summed E-state index contributed by atoms with van der Waals surface area (Å²) in [4.78, 5) is 5.32. The van der Waals surface area contributed by atoms with Crippen molar-refractivity contribution in [3.05, 3.63) is 23.3 Å². The molecule has 156 valence electrons. The van der Waals surface area contributed by atoms with E-state index in [1.807, 2.05) is 0 Å². The number of methoxy groups -OCH3 is 2. The van der Waals surface area contributed by atoms with Crippen molar-refractivity contribution >= 4 is 24.8 Å². The Kier molecular flexibility index (Phi) is 10.8. The van der Waals surface area contributed by atoms with Crippen molar-refractivity contribution < 1.29 is 9.47 Å². The minimum atomic E-state index is 0. The van der Waals surface area contributed by atoms with Crippen molar-refractivity contribution in [3.63, 3.8) is 0 Å². The number of halogens is 2. The first kappa shape index (κ1) is 24.4. The van der Waals surface area contributed by atoms with Gasteiger partial charge in [0.05, 0.1) is 14.2 Å². The standard InChI is InChI=1S/C21H34N2O2.2ClH/c1-4-5-6-7-8-10-22-12-13-23-11-9-17-14-20(24-2)21(25-3)15-18(17)19(23)16-22;;/h14-15,19H,4-13,16H2,1-3H3;2*1H. The van der Waals surface area contributed by atoms with Gasteiger partial charge in [0.1, 0.15) is 0 Å². The Bertz CT molecular complexity index is 571. The van der Waals surface area contributed by atoms with Gasteiger partial charge in [-0.05, 0) is 42.6 Å². The SMILES string of the molecule is CCCCCCCN1CCN2CCc3cc(OC)c(OC)cc3C2C1.Cl.Cl. The van der Waals surface area contributed by atoms with Crippen LogP contribution in [0.25, 0.3) is 0 Å². The number of benzene rings is 1. The molecule has 0 aromatic heterocycles. The van der Waals surface area contributed by atoms with Crippen LogP contribution in [0.2, 0.25) is 0 Å². The first-order chi connectivity index (χ1) is 12.3. The van der Waals surface area contributed by atoms with E-state index in [4.69, 9.17) is 9.47 Å². The fourth-order valence-corrected chi connectivity index (χ4v) is 4.31. The zero-order chi connectivity index (χ0) is 17.6. The molecule has 1 atom stereocenters. The molecule has 1 fully saturated rings. The molecule has 0 bridgehead atoms. The number of unbranched alkanes of at least 4 members (excludes halogenated alkanes) is 4. The fraction of sp³-hybridized carbons (Fsp3) is 0.714. The zero-order valence-corrected chi connectivity index (χ0v) is 18.7. The summed E-state index contributed by atoms with van der Waals surface area (Å²) >= 11 is 0. The minimum Gasteiger partial charge on any atom is -0.493 e. The van der Waals surface area contributed by atoms with E-state index in [9.17, 15) is 0 Å². The van der Waals surface area contributed by atoms with Crippen LogP contribution in [0, 0.1) is 0 Å². The fourth-order valence-electron chi connectivity index (χ4n) is 4.31. The summed E-state index contributed by atoms with van der Waals surface area (Å²) in [6.45, 7) is 8.24. The summed E-state index contributed by atoms with van der Waals surface area (Å²) in [5.74, 6) is 1.72. The molecule has 0 saturated carbocycles. The molecule has 4 nitrogen and oxygen atoms in total. The van der Waals surface area contributed by atoms with Crippen LogP contribution < -0.4 is 9.47 Å². The summed E-state index contributed by atoms with van der Waals surface area (Å²) in [6.07, 6.45) is 7.92. The molecule has 2 aliphatic rings. The number of rotatable bonds is 8. The van der Waals surface area contributed by atoms with Crippen LogP contribution in [0.5, 0.6) is 11.5 Å². The molecule has 0 N–H and O–H groups in total. The molecular formula is C21H36Cl2N2O2. The topological polar surface area (TPSA) is 24.9 Å². The maximum Gasteiger partial charge on any atom is 0.161 e. The summed E-state index contributed by atoms with van der Waals surface area (Å²) < 4.78 is 11.0. The second kappa shape index (κ2) is 12.0. The van der Waals surface area contributed by atoms with Crippen molar-refractivity contribution in [2.24, 2.45) is 0 Å². The number of piperazine rings is 1. The van der Waals surface area contributed by atoms with E-state index in [2.05, 4.69) is 28.9 Å². The van der Waals surface area contributed by atoms with Gasteiger partial charge in [0.2, 0.25) is 0 Å². The van der Waals surface area contributed by atoms with Crippen molar-refractivity contribution in [1.29, 1.82) is 0 Å². The molecule has 1 saturated heterocycles. The smallest absolute Gasteiger partial charge is 0.161 e. The summed E-state index contributed by atoms with van der Waals surface area (Å²) in [6, 6.07) is 4.92. The molecule has 6 heteroatoms. The Balaban J connectivity index is 0.00000182. The summed E-state index contributed by atoms with van der Waals surface area (Å²) in [7, 11) is 3.45. The Morgan fingerprint density at radius 1 is 0.926 bits per heavy atom. The third-order valence-electron chi connectivity index (χ3n) is 5.83. The Hall–Kier alpha value is -0.680. The molecule has 1 unspecified atom stereocenters. The van der Waals surface area contributed by atoms with E-state index in [1.165, 1.54) is 62.9 Å². The predicted octanol–water partition coefficient (Wildman–Crippen LogP) is 4.73. The molecule has 0 radical (unpaired) electrons. The molecule has 2 heterocycles. The maximum atomic E-state index is 5.55. The normalized spacial score (nSPS) is 19.3. The van der Waals surface area contributed by atoms with Crippen LogP contribution in [-0.2, 0) is 6.42 Å². The minimum absolute atomic E-state index is 0. The number of fused-ring (bicyclic) bond motifs is 3. The van der Waals surface area contributed by atoms with Crippen LogP contribution in [-0.4, -0.2) is 56.7 Å². The molecule has 0 aliphatic carbocycles. The van der Waals surface area contributed by atoms with Gasteiger partial charge in [-0.3, -0.25) is 4.90 Å². The second-order valence-corrected chi connectivity index (χ2v) is 7.42. The average molecular weight is 419 g/mol. The van der Waals surface area contributed by atoms with Crippen molar-refractivity contribution in [2.45, 2.75) is 51.5 Å². The number of nitrogens with zero attached hydrogens (tertiary/aromatic N) is 2. The number of hydrogen-bond acceptors (Lipinski definition) is 4. The van der Waals surface area contributed by atoms with Gasteiger partial charge in [-0.1, -0.05) is 32.6 Å². The van der Waals surface area contributed by atoms with Crippen molar-refractivity contribution in [2.75, 3.05) is 46.9 Å². The Labute approximate surface area is 177 Å². The van der Waals surface area contributed by atoms with Gasteiger partial charge in [0, 0.05) is 32.2 Å². The van der Waals surface area contributed by atoms with Gasteiger partial charge in [-0.25, -0.2) is 0 Å². The highest BCUT2D eigenvalue weighted by Gasteiger charge is 2.33. The lowest BCUT2D eigenvalue weighted by molar-refractivity contribution is 0.0660. The lowest BCUT2D eigenvalue weighted by Crippen LogP contribution is -2.51. The van der Waals surface area contributed by atoms with Gasteiger partial charge < -0.3 is 14.4 Å². The Morgan fingerprint density at radius 2 is 1.63 bits per heavy atom. The van der Waals surface area contributed by atoms with E-state index < -0.39 is 0 Å². The van der Waals surface area contributed by atoms with Gasteiger partial charge in [0.15, 0.2) is 11.5 Å². The number of hydrogen-bond donors (Lipinski definition) is 0. The monoisotopic (exact) mass is 418 g/mol. The molecule has 1 aromatic rings. The molecule has 0 spiro atoms. The van der Waals surface area contributed by atoms with E-state index >= 15 is 0 Å². The summed E-state index contributed by atoms with van der Waals surface area (Å²) in [5.41, 5.74) is 2.88. The highest BCUT2D eigenvalue weighted by molar-refractivity contribution is 5.85. The first-order valence-electron chi connectivity index (χ1n) is 9.98. The van der Waals surface area contributed by atoms with Crippen LogP contribution in [0.3, 0.4) is 0 Å². The molecule has 1 aromatic carbocycles. The molecular weight excluding hydrogens is 383 g/mol. The van der Waals surface area contributed by atoms with Gasteiger partial charge in [-0.15, -0.1) is 24.8 Å². The van der Waals surface area contributed by atoms with Crippen molar-refractivity contribution in [1.82, 2.24) is 9.80 Å². The van der Waals surface area contributed by atoms with Crippen LogP contribution in [0.4, 0.5) is 0 Å². The van der Waals surface area contributed by atoms with Crippen LogP contribution >= 0.6 is 24.8 Å². The van der Waals surface area contributed by atoms with Gasteiger partial charge in [-0.2, -0.15) is 0 Å². The van der Waals surface area contributed by atoms with E-state index in [-0.39, 0.29) is 24.8 Å². The summed E-state index contributed by atoms with van der Waals surface area (Å²) in [5, 5.41) is 0. The van der Waals surface area contributed by atoms with Crippen molar-refractivity contribution in [3.8, 4) is 11.5 Å². The maximum absolute atomic E-state index is 5.55. The average Bonchev–Trinajstić information content (AvgIpc) is 2.66. The number of ether oxygens (including phenoxy) is 2. The van der Waals surface area contributed by atoms with E-state index in [1.54, 1.807) is 14.2 Å². The third-order valence-corrected chi connectivity index (χ3v) is 5.83. The molecule has 0 amide bonds. The van der Waals surface area contributed by atoms with E-state index in [0.717, 1.165) is 31.0 Å². The molecule has 27 heavy (non-hydrogen) atoms. The predicted molar refractivity (Wildman–Crippen MR) is 117 cm³/mol. The highest BCUT2D eigenvalue weighted by atomic mass is 35.5.